The Labute approximate surface area is 149 Å². The second-order valence-corrected chi connectivity index (χ2v) is 6.27. The molecule has 0 radical (unpaired) electrons. The molecule has 0 amide bonds. The van der Waals surface area contributed by atoms with Crippen molar-refractivity contribution in [3.8, 4) is 0 Å². The molecule has 2 aromatic rings. The Bertz CT molecular complexity index is 667. The minimum absolute atomic E-state index is 0.408. The second kappa shape index (κ2) is 9.28. The SMILES string of the molecule is CCNC(=NCc1ccc(Cl)nc1)NCC(C)c1cccc(C)c1. The molecule has 2 rings (SSSR count). The summed E-state index contributed by atoms with van der Waals surface area (Å²) < 4.78 is 0. The monoisotopic (exact) mass is 344 g/mol. The van der Waals surface area contributed by atoms with Crippen LogP contribution in [0.4, 0.5) is 0 Å². The average molecular weight is 345 g/mol. The molecular weight excluding hydrogens is 320 g/mol. The van der Waals surface area contributed by atoms with Gasteiger partial charge in [0.2, 0.25) is 0 Å². The summed E-state index contributed by atoms with van der Waals surface area (Å²) in [4.78, 5) is 8.69. The van der Waals surface area contributed by atoms with Gasteiger partial charge in [0.15, 0.2) is 5.96 Å². The van der Waals surface area contributed by atoms with Gasteiger partial charge in [-0.25, -0.2) is 9.98 Å². The van der Waals surface area contributed by atoms with Gasteiger partial charge in [-0.15, -0.1) is 0 Å². The highest BCUT2D eigenvalue weighted by atomic mass is 35.5. The summed E-state index contributed by atoms with van der Waals surface area (Å²) in [6.45, 7) is 8.62. The van der Waals surface area contributed by atoms with Gasteiger partial charge in [0, 0.05) is 19.3 Å². The Morgan fingerprint density at radius 1 is 1.25 bits per heavy atom. The van der Waals surface area contributed by atoms with Gasteiger partial charge in [0.1, 0.15) is 5.15 Å². The van der Waals surface area contributed by atoms with E-state index in [0.717, 1.165) is 24.6 Å². The number of pyridine rings is 1. The lowest BCUT2D eigenvalue weighted by molar-refractivity contribution is 0.699. The first kappa shape index (κ1) is 18.3. The van der Waals surface area contributed by atoms with Crippen molar-refractivity contribution >= 4 is 17.6 Å². The van der Waals surface area contributed by atoms with E-state index in [1.165, 1.54) is 11.1 Å². The molecule has 0 spiro atoms. The molecule has 2 N–H and O–H groups in total. The summed E-state index contributed by atoms with van der Waals surface area (Å²) in [6, 6.07) is 12.4. The fourth-order valence-corrected chi connectivity index (χ4v) is 2.47. The van der Waals surface area contributed by atoms with E-state index < -0.39 is 0 Å². The number of nitrogens with zero attached hydrogens (tertiary/aromatic N) is 2. The van der Waals surface area contributed by atoms with E-state index in [1.807, 2.05) is 6.07 Å². The standard InChI is InChI=1S/C19H25ClN4/c1-4-21-19(24-13-16-8-9-18(20)22-12-16)23-11-15(3)17-7-5-6-14(2)10-17/h5-10,12,15H,4,11,13H2,1-3H3,(H2,21,23,24). The van der Waals surface area contributed by atoms with Crippen molar-refractivity contribution < 1.29 is 0 Å². The molecule has 0 aliphatic carbocycles. The largest absolute Gasteiger partial charge is 0.357 e. The highest BCUT2D eigenvalue weighted by Gasteiger charge is 2.07. The van der Waals surface area contributed by atoms with Gasteiger partial charge in [-0.1, -0.05) is 54.4 Å². The number of rotatable bonds is 6. The van der Waals surface area contributed by atoms with Crippen LogP contribution in [0.2, 0.25) is 5.15 Å². The van der Waals surface area contributed by atoms with Crippen molar-refractivity contribution in [3.63, 3.8) is 0 Å². The van der Waals surface area contributed by atoms with Crippen molar-refractivity contribution in [2.24, 2.45) is 4.99 Å². The lowest BCUT2D eigenvalue weighted by Crippen LogP contribution is -2.39. The van der Waals surface area contributed by atoms with Crippen molar-refractivity contribution in [3.05, 3.63) is 64.4 Å². The van der Waals surface area contributed by atoms with Crippen LogP contribution in [-0.2, 0) is 6.54 Å². The molecule has 1 heterocycles. The van der Waals surface area contributed by atoms with Gasteiger partial charge in [-0.2, -0.15) is 0 Å². The van der Waals surface area contributed by atoms with Crippen LogP contribution in [0.15, 0.2) is 47.6 Å². The molecule has 24 heavy (non-hydrogen) atoms. The molecule has 0 aliphatic heterocycles. The fourth-order valence-electron chi connectivity index (χ4n) is 2.36. The Balaban J connectivity index is 1.94. The third kappa shape index (κ3) is 5.85. The first-order chi connectivity index (χ1) is 11.6. The smallest absolute Gasteiger partial charge is 0.191 e. The summed E-state index contributed by atoms with van der Waals surface area (Å²) in [5.41, 5.74) is 3.65. The summed E-state index contributed by atoms with van der Waals surface area (Å²) in [7, 11) is 0. The van der Waals surface area contributed by atoms with E-state index in [9.17, 15) is 0 Å². The van der Waals surface area contributed by atoms with Gasteiger partial charge in [0.25, 0.3) is 0 Å². The molecule has 0 saturated heterocycles. The summed E-state index contributed by atoms with van der Waals surface area (Å²) >= 11 is 5.81. The summed E-state index contributed by atoms with van der Waals surface area (Å²) in [5.74, 6) is 1.22. The highest BCUT2D eigenvalue weighted by Crippen LogP contribution is 2.15. The van der Waals surface area contributed by atoms with Crippen LogP contribution in [0, 0.1) is 6.92 Å². The first-order valence-electron chi connectivity index (χ1n) is 8.27. The number of hydrogen-bond donors (Lipinski definition) is 2. The lowest BCUT2D eigenvalue weighted by atomic mass is 9.99. The molecule has 1 unspecified atom stereocenters. The Hall–Kier alpha value is -2.07. The molecule has 0 aliphatic rings. The maximum Gasteiger partial charge on any atom is 0.191 e. The number of hydrogen-bond acceptors (Lipinski definition) is 2. The zero-order chi connectivity index (χ0) is 17.4. The number of aliphatic imine (C=N–C) groups is 1. The summed E-state index contributed by atoms with van der Waals surface area (Å²) in [5, 5.41) is 7.19. The molecule has 0 saturated carbocycles. The lowest BCUT2D eigenvalue weighted by Gasteiger charge is -2.16. The Morgan fingerprint density at radius 2 is 2.08 bits per heavy atom. The highest BCUT2D eigenvalue weighted by molar-refractivity contribution is 6.29. The van der Waals surface area contributed by atoms with Crippen molar-refractivity contribution in [1.29, 1.82) is 0 Å². The Kier molecular flexibility index (Phi) is 7.07. The number of aromatic nitrogens is 1. The fraction of sp³-hybridized carbons (Fsp3) is 0.368. The maximum atomic E-state index is 5.81. The molecule has 1 aromatic carbocycles. The van der Waals surface area contributed by atoms with E-state index >= 15 is 0 Å². The molecule has 128 valence electrons. The van der Waals surface area contributed by atoms with Crippen LogP contribution in [0.3, 0.4) is 0 Å². The number of aryl methyl sites for hydroxylation is 1. The minimum Gasteiger partial charge on any atom is -0.357 e. The maximum absolute atomic E-state index is 5.81. The quantitative estimate of drug-likeness (QED) is 0.474. The van der Waals surface area contributed by atoms with E-state index in [0.29, 0.717) is 17.6 Å². The zero-order valence-electron chi connectivity index (χ0n) is 14.5. The second-order valence-electron chi connectivity index (χ2n) is 5.88. The number of guanidine groups is 1. The third-order valence-electron chi connectivity index (χ3n) is 3.74. The normalized spacial score (nSPS) is 12.8. The summed E-state index contributed by atoms with van der Waals surface area (Å²) in [6.07, 6.45) is 1.75. The van der Waals surface area contributed by atoms with Crippen LogP contribution in [0.5, 0.6) is 0 Å². The zero-order valence-corrected chi connectivity index (χ0v) is 15.3. The third-order valence-corrected chi connectivity index (χ3v) is 3.96. The molecule has 1 atom stereocenters. The van der Waals surface area contributed by atoms with E-state index in [1.54, 1.807) is 12.3 Å². The van der Waals surface area contributed by atoms with Gasteiger partial charge in [-0.05, 0) is 37.0 Å². The van der Waals surface area contributed by atoms with Crippen LogP contribution in [-0.4, -0.2) is 24.0 Å². The van der Waals surface area contributed by atoms with Gasteiger partial charge >= 0.3 is 0 Å². The van der Waals surface area contributed by atoms with Crippen LogP contribution < -0.4 is 10.6 Å². The van der Waals surface area contributed by atoms with Gasteiger partial charge < -0.3 is 10.6 Å². The van der Waals surface area contributed by atoms with Crippen molar-refractivity contribution in [1.82, 2.24) is 15.6 Å². The average Bonchev–Trinajstić information content (AvgIpc) is 2.58. The van der Waals surface area contributed by atoms with E-state index in [4.69, 9.17) is 11.6 Å². The van der Waals surface area contributed by atoms with E-state index in [-0.39, 0.29) is 0 Å². The minimum atomic E-state index is 0.408. The molecule has 5 heteroatoms. The predicted molar refractivity (Wildman–Crippen MR) is 102 cm³/mol. The van der Waals surface area contributed by atoms with Crippen LogP contribution in [0.1, 0.15) is 36.5 Å². The molecule has 0 fully saturated rings. The van der Waals surface area contributed by atoms with Gasteiger partial charge in [0.05, 0.1) is 6.54 Å². The van der Waals surface area contributed by atoms with Gasteiger partial charge in [-0.3, -0.25) is 0 Å². The number of benzene rings is 1. The van der Waals surface area contributed by atoms with Crippen molar-refractivity contribution in [2.45, 2.75) is 33.2 Å². The number of halogens is 1. The van der Waals surface area contributed by atoms with Crippen LogP contribution >= 0.6 is 11.6 Å². The topological polar surface area (TPSA) is 49.3 Å². The molecule has 1 aromatic heterocycles. The Morgan fingerprint density at radius 3 is 2.75 bits per heavy atom. The molecular formula is C19H25ClN4. The van der Waals surface area contributed by atoms with E-state index in [2.05, 4.69) is 65.6 Å². The predicted octanol–water partition coefficient (Wildman–Crippen LogP) is 3.90. The molecule has 4 nitrogen and oxygen atoms in total. The molecule has 0 bridgehead atoms. The number of nitrogens with one attached hydrogen (secondary N) is 2. The first-order valence-corrected chi connectivity index (χ1v) is 8.65. The van der Waals surface area contributed by atoms with Crippen molar-refractivity contribution in [2.75, 3.05) is 13.1 Å². The van der Waals surface area contributed by atoms with Crippen LogP contribution in [0.25, 0.3) is 0 Å².